The molecule has 1 N–H and O–H groups in total. The Balaban J connectivity index is 1.90. The summed E-state index contributed by atoms with van der Waals surface area (Å²) in [6, 6.07) is 0.799. The third-order valence-electron chi connectivity index (χ3n) is 3.62. The van der Waals surface area contributed by atoms with E-state index in [0.29, 0.717) is 0 Å². The number of aromatic nitrogens is 2. The number of likely N-dealkylation sites (N-methyl/N-ethyl adjacent to an activating group) is 1. The van der Waals surface area contributed by atoms with Crippen LogP contribution in [0.3, 0.4) is 0 Å². The van der Waals surface area contributed by atoms with E-state index in [1.807, 2.05) is 0 Å². The Bertz CT molecular complexity index is 412. The summed E-state index contributed by atoms with van der Waals surface area (Å²) in [6.45, 7) is 8.35. The molecule has 0 atom stereocenters. The zero-order valence-electron chi connectivity index (χ0n) is 12.2. The van der Waals surface area contributed by atoms with Crippen molar-refractivity contribution in [3.05, 3.63) is 15.9 Å². The first-order chi connectivity index (χ1) is 9.15. The third-order valence-corrected chi connectivity index (χ3v) is 4.53. The minimum Gasteiger partial charge on any atom is -0.313 e. The second-order valence-corrected chi connectivity index (χ2v) is 6.14. The molecule has 1 aromatic heterocycles. The summed E-state index contributed by atoms with van der Waals surface area (Å²) >= 11 is 3.71. The average molecular weight is 329 g/mol. The highest BCUT2D eigenvalue weighted by Gasteiger charge is 2.20. The molecule has 1 aliphatic rings. The van der Waals surface area contributed by atoms with Crippen molar-refractivity contribution in [2.75, 3.05) is 20.1 Å². The Morgan fingerprint density at radius 2 is 2.16 bits per heavy atom. The molecule has 0 aromatic carbocycles. The van der Waals surface area contributed by atoms with Crippen LogP contribution in [0.25, 0.3) is 0 Å². The average Bonchev–Trinajstić information content (AvgIpc) is 3.17. The van der Waals surface area contributed by atoms with E-state index >= 15 is 0 Å². The van der Waals surface area contributed by atoms with Gasteiger partial charge in [-0.15, -0.1) is 0 Å². The molecule has 0 amide bonds. The summed E-state index contributed by atoms with van der Waals surface area (Å²) in [6.07, 6.45) is 3.70. The number of nitrogens with zero attached hydrogens (tertiary/aromatic N) is 3. The maximum Gasteiger partial charge on any atom is 0.0767 e. The van der Waals surface area contributed by atoms with E-state index in [1.165, 1.54) is 28.7 Å². The van der Waals surface area contributed by atoms with Gasteiger partial charge in [0.2, 0.25) is 0 Å². The molecule has 4 nitrogen and oxygen atoms in total. The Labute approximate surface area is 124 Å². The van der Waals surface area contributed by atoms with Crippen LogP contribution in [0.15, 0.2) is 4.47 Å². The molecule has 0 bridgehead atoms. The molecule has 0 radical (unpaired) electrons. The number of hydrogen-bond acceptors (Lipinski definition) is 3. The Kier molecular flexibility index (Phi) is 5.42. The van der Waals surface area contributed by atoms with E-state index in [0.717, 1.165) is 38.6 Å². The lowest BCUT2D eigenvalue weighted by molar-refractivity contribution is 0.312. The zero-order valence-corrected chi connectivity index (χ0v) is 13.8. The normalized spacial score (nSPS) is 15.4. The summed E-state index contributed by atoms with van der Waals surface area (Å²) in [4.78, 5) is 2.36. The Morgan fingerprint density at radius 1 is 1.42 bits per heavy atom. The number of rotatable bonds is 8. The molecule has 1 saturated carbocycles. The predicted octanol–water partition coefficient (Wildman–Crippen LogP) is 2.41. The molecular formula is C14H25BrN4. The third kappa shape index (κ3) is 4.04. The van der Waals surface area contributed by atoms with Crippen LogP contribution in [0.4, 0.5) is 0 Å². The fourth-order valence-corrected chi connectivity index (χ4v) is 2.94. The fourth-order valence-electron chi connectivity index (χ4n) is 2.25. The summed E-state index contributed by atoms with van der Waals surface area (Å²) < 4.78 is 3.31. The van der Waals surface area contributed by atoms with Crippen LogP contribution in [0.1, 0.15) is 38.1 Å². The largest absolute Gasteiger partial charge is 0.313 e. The second kappa shape index (κ2) is 6.86. The molecule has 2 rings (SSSR count). The highest BCUT2D eigenvalue weighted by Crippen LogP contribution is 2.23. The Hall–Kier alpha value is -0.390. The van der Waals surface area contributed by atoms with Crippen LogP contribution >= 0.6 is 15.9 Å². The smallest absolute Gasteiger partial charge is 0.0767 e. The van der Waals surface area contributed by atoms with E-state index in [9.17, 15) is 0 Å². The van der Waals surface area contributed by atoms with E-state index in [2.05, 4.69) is 56.8 Å². The molecule has 1 heterocycles. The lowest BCUT2D eigenvalue weighted by atomic mass is 10.3. The number of nitrogens with one attached hydrogen (secondary N) is 1. The van der Waals surface area contributed by atoms with E-state index in [4.69, 9.17) is 0 Å². The molecule has 0 spiro atoms. The van der Waals surface area contributed by atoms with Crippen molar-refractivity contribution < 1.29 is 0 Å². The first kappa shape index (κ1) is 15.0. The standard InChI is InChI=1S/C14H25BrN4/c1-4-12-14(15)13(19(5-2)17-12)10-18(3)9-8-16-11-6-7-11/h11,16H,4-10H2,1-3H3. The maximum absolute atomic E-state index is 4.65. The van der Waals surface area contributed by atoms with Crippen molar-refractivity contribution in [2.24, 2.45) is 0 Å². The molecule has 1 aliphatic carbocycles. The number of hydrogen-bond donors (Lipinski definition) is 1. The van der Waals surface area contributed by atoms with Gasteiger partial charge in [-0.3, -0.25) is 9.58 Å². The van der Waals surface area contributed by atoms with Crippen LogP contribution in [0.5, 0.6) is 0 Å². The van der Waals surface area contributed by atoms with E-state index in [-0.39, 0.29) is 0 Å². The molecule has 19 heavy (non-hydrogen) atoms. The quantitative estimate of drug-likeness (QED) is 0.795. The summed E-state index contributed by atoms with van der Waals surface area (Å²) in [5, 5.41) is 8.20. The lowest BCUT2D eigenvalue weighted by Crippen LogP contribution is -2.30. The Morgan fingerprint density at radius 3 is 2.74 bits per heavy atom. The van der Waals surface area contributed by atoms with Crippen molar-refractivity contribution >= 4 is 15.9 Å². The van der Waals surface area contributed by atoms with Crippen molar-refractivity contribution in [1.29, 1.82) is 0 Å². The summed E-state index contributed by atoms with van der Waals surface area (Å²) in [5.41, 5.74) is 2.47. The van der Waals surface area contributed by atoms with E-state index in [1.54, 1.807) is 0 Å². The van der Waals surface area contributed by atoms with Gasteiger partial charge in [-0.25, -0.2) is 0 Å². The highest BCUT2D eigenvalue weighted by molar-refractivity contribution is 9.10. The summed E-state index contributed by atoms with van der Waals surface area (Å²) in [5.74, 6) is 0. The minimum absolute atomic E-state index is 0.799. The van der Waals surface area contributed by atoms with Gasteiger partial charge in [0, 0.05) is 32.2 Å². The van der Waals surface area contributed by atoms with Crippen LogP contribution in [-0.4, -0.2) is 40.9 Å². The van der Waals surface area contributed by atoms with Gasteiger partial charge in [-0.1, -0.05) is 6.92 Å². The SMILES string of the molecule is CCc1nn(CC)c(CN(C)CCNC2CC2)c1Br. The minimum atomic E-state index is 0.799. The number of aryl methyl sites for hydroxylation is 2. The van der Waals surface area contributed by atoms with Crippen LogP contribution in [0, 0.1) is 0 Å². The monoisotopic (exact) mass is 328 g/mol. The van der Waals surface area contributed by atoms with Crippen molar-refractivity contribution in [3.8, 4) is 0 Å². The fraction of sp³-hybridized carbons (Fsp3) is 0.786. The lowest BCUT2D eigenvalue weighted by Gasteiger charge is -2.18. The van der Waals surface area contributed by atoms with Gasteiger partial charge in [0.25, 0.3) is 0 Å². The van der Waals surface area contributed by atoms with Crippen LogP contribution in [0.2, 0.25) is 0 Å². The topological polar surface area (TPSA) is 33.1 Å². The van der Waals surface area contributed by atoms with Gasteiger partial charge in [0.05, 0.1) is 15.9 Å². The first-order valence-corrected chi connectivity index (χ1v) is 8.11. The van der Waals surface area contributed by atoms with Gasteiger partial charge in [0.15, 0.2) is 0 Å². The molecule has 0 saturated heterocycles. The number of halogens is 1. The first-order valence-electron chi connectivity index (χ1n) is 7.31. The maximum atomic E-state index is 4.65. The molecular weight excluding hydrogens is 304 g/mol. The second-order valence-electron chi connectivity index (χ2n) is 5.34. The molecule has 0 aliphatic heterocycles. The van der Waals surface area contributed by atoms with Crippen LogP contribution in [-0.2, 0) is 19.5 Å². The van der Waals surface area contributed by atoms with Gasteiger partial charge in [-0.2, -0.15) is 5.10 Å². The molecule has 5 heteroatoms. The highest BCUT2D eigenvalue weighted by atomic mass is 79.9. The molecule has 108 valence electrons. The molecule has 0 unspecified atom stereocenters. The molecule has 1 fully saturated rings. The predicted molar refractivity (Wildman–Crippen MR) is 82.3 cm³/mol. The van der Waals surface area contributed by atoms with Crippen LogP contribution < -0.4 is 5.32 Å². The zero-order chi connectivity index (χ0) is 13.8. The van der Waals surface area contributed by atoms with Gasteiger partial charge >= 0.3 is 0 Å². The van der Waals surface area contributed by atoms with E-state index < -0.39 is 0 Å². The summed E-state index contributed by atoms with van der Waals surface area (Å²) in [7, 11) is 2.18. The van der Waals surface area contributed by atoms with Gasteiger partial charge < -0.3 is 5.32 Å². The van der Waals surface area contributed by atoms with Gasteiger partial charge in [0.1, 0.15) is 0 Å². The molecule has 1 aromatic rings. The van der Waals surface area contributed by atoms with Gasteiger partial charge in [-0.05, 0) is 49.2 Å². The van der Waals surface area contributed by atoms with Crippen molar-refractivity contribution in [3.63, 3.8) is 0 Å². The van der Waals surface area contributed by atoms with Crippen molar-refractivity contribution in [2.45, 2.75) is 52.2 Å². The van der Waals surface area contributed by atoms with Crippen molar-refractivity contribution in [1.82, 2.24) is 20.0 Å².